The number of nitriles is 1. The van der Waals surface area contributed by atoms with Crippen molar-refractivity contribution >= 4 is 17.6 Å². The minimum atomic E-state index is 0.0939. The minimum Gasteiger partial charge on any atom is -0.356 e. The Kier molecular flexibility index (Phi) is 7.44. The van der Waals surface area contributed by atoms with Crippen LogP contribution in [0.1, 0.15) is 37.7 Å². The molecule has 132 valence electrons. The van der Waals surface area contributed by atoms with E-state index in [0.717, 1.165) is 37.1 Å². The highest BCUT2D eigenvalue weighted by molar-refractivity contribution is 6.04. The monoisotopic (exact) mass is 340 g/mol. The lowest BCUT2D eigenvalue weighted by molar-refractivity contribution is -0.131. The Labute approximate surface area is 148 Å². The fourth-order valence-corrected chi connectivity index (χ4v) is 2.62. The standard InChI is InChI=1S/C18H24N6O/c1-20-18(22-14-19)21-12-6-3-7-13-24-17(25)11-10-16(23-24)15-8-4-2-5-9-15/h2,4-5,8-9H,3,6-7,10-13H2,1H3,(H2,20,21,22). The highest BCUT2D eigenvalue weighted by Crippen LogP contribution is 2.15. The number of benzene rings is 1. The number of carbonyl (C=O) groups is 1. The summed E-state index contributed by atoms with van der Waals surface area (Å²) in [5, 5.41) is 20.2. The van der Waals surface area contributed by atoms with Gasteiger partial charge in [0.15, 0.2) is 6.19 Å². The van der Waals surface area contributed by atoms with Crippen molar-refractivity contribution in [3.05, 3.63) is 35.9 Å². The third kappa shape index (κ3) is 5.92. The number of hydrogen-bond donors (Lipinski definition) is 2. The van der Waals surface area contributed by atoms with Crippen LogP contribution in [-0.4, -0.2) is 42.7 Å². The van der Waals surface area contributed by atoms with Crippen molar-refractivity contribution < 1.29 is 4.79 Å². The van der Waals surface area contributed by atoms with Crippen LogP contribution >= 0.6 is 0 Å². The number of aliphatic imine (C=N–C) groups is 1. The van der Waals surface area contributed by atoms with E-state index in [-0.39, 0.29) is 5.91 Å². The third-order valence-electron chi connectivity index (χ3n) is 3.95. The first kappa shape index (κ1) is 18.5. The van der Waals surface area contributed by atoms with Gasteiger partial charge in [0.2, 0.25) is 11.9 Å². The molecular formula is C18H24N6O. The fraction of sp³-hybridized carbons (Fsp3) is 0.444. The van der Waals surface area contributed by atoms with Crippen molar-refractivity contribution in [3.8, 4) is 6.19 Å². The first-order chi connectivity index (χ1) is 12.2. The van der Waals surface area contributed by atoms with E-state index in [0.29, 0.717) is 25.3 Å². The summed E-state index contributed by atoms with van der Waals surface area (Å²) in [6.45, 7) is 1.37. The molecule has 1 aliphatic heterocycles. The Morgan fingerprint density at radius 3 is 2.80 bits per heavy atom. The summed E-state index contributed by atoms with van der Waals surface area (Å²) in [6, 6.07) is 10.0. The van der Waals surface area contributed by atoms with Crippen LogP contribution in [0.3, 0.4) is 0 Å². The number of nitrogens with zero attached hydrogens (tertiary/aromatic N) is 4. The topological polar surface area (TPSA) is 92.9 Å². The lowest BCUT2D eigenvalue weighted by Gasteiger charge is -2.23. The van der Waals surface area contributed by atoms with Crippen molar-refractivity contribution in [2.24, 2.45) is 10.1 Å². The molecule has 0 aliphatic carbocycles. The van der Waals surface area contributed by atoms with E-state index < -0.39 is 0 Å². The van der Waals surface area contributed by atoms with E-state index in [4.69, 9.17) is 5.26 Å². The molecule has 0 aromatic heterocycles. The predicted octanol–water partition coefficient (Wildman–Crippen LogP) is 1.83. The van der Waals surface area contributed by atoms with E-state index in [1.165, 1.54) is 0 Å². The Morgan fingerprint density at radius 2 is 2.08 bits per heavy atom. The summed E-state index contributed by atoms with van der Waals surface area (Å²) in [6.07, 6.45) is 5.85. The quantitative estimate of drug-likeness (QED) is 0.260. The maximum atomic E-state index is 12.0. The summed E-state index contributed by atoms with van der Waals surface area (Å²) >= 11 is 0. The molecule has 0 atom stereocenters. The van der Waals surface area contributed by atoms with Crippen LogP contribution in [0.25, 0.3) is 0 Å². The van der Waals surface area contributed by atoms with Gasteiger partial charge in [-0.1, -0.05) is 30.3 Å². The smallest absolute Gasteiger partial charge is 0.243 e. The number of rotatable bonds is 7. The normalized spacial score (nSPS) is 14.7. The summed E-state index contributed by atoms with van der Waals surface area (Å²) in [4.78, 5) is 16.0. The zero-order valence-corrected chi connectivity index (χ0v) is 14.5. The molecule has 1 amide bonds. The Morgan fingerprint density at radius 1 is 1.28 bits per heavy atom. The van der Waals surface area contributed by atoms with Crippen molar-refractivity contribution in [2.45, 2.75) is 32.1 Å². The van der Waals surface area contributed by atoms with Gasteiger partial charge in [0, 0.05) is 33.0 Å². The molecule has 0 saturated carbocycles. The van der Waals surface area contributed by atoms with E-state index in [2.05, 4.69) is 20.7 Å². The molecule has 1 aliphatic rings. The largest absolute Gasteiger partial charge is 0.356 e. The van der Waals surface area contributed by atoms with Gasteiger partial charge >= 0.3 is 0 Å². The predicted molar refractivity (Wildman–Crippen MR) is 97.9 cm³/mol. The van der Waals surface area contributed by atoms with Gasteiger partial charge in [-0.3, -0.25) is 15.1 Å². The van der Waals surface area contributed by atoms with Crippen molar-refractivity contribution in [1.82, 2.24) is 15.6 Å². The maximum absolute atomic E-state index is 12.0. The van der Waals surface area contributed by atoms with Gasteiger partial charge in [-0.25, -0.2) is 5.01 Å². The second kappa shape index (κ2) is 10.1. The second-order valence-electron chi connectivity index (χ2n) is 5.73. The van der Waals surface area contributed by atoms with Crippen LogP contribution in [0, 0.1) is 11.5 Å². The molecule has 2 N–H and O–H groups in total. The van der Waals surface area contributed by atoms with Crippen LogP contribution in [0.5, 0.6) is 0 Å². The summed E-state index contributed by atoms with van der Waals surface area (Å²) in [5.41, 5.74) is 2.06. The lowest BCUT2D eigenvalue weighted by Crippen LogP contribution is -2.35. The van der Waals surface area contributed by atoms with E-state index >= 15 is 0 Å². The number of amides is 1. The molecule has 1 heterocycles. The maximum Gasteiger partial charge on any atom is 0.243 e. The SMILES string of the molecule is CN=C(NC#N)NCCCCCN1N=C(c2ccccc2)CCC1=O. The molecule has 7 nitrogen and oxygen atoms in total. The number of carbonyl (C=O) groups excluding carboxylic acids is 1. The fourth-order valence-electron chi connectivity index (χ4n) is 2.62. The third-order valence-corrected chi connectivity index (χ3v) is 3.95. The van der Waals surface area contributed by atoms with Gasteiger partial charge in [-0.2, -0.15) is 10.4 Å². The van der Waals surface area contributed by atoms with Crippen LogP contribution in [0.15, 0.2) is 40.4 Å². The Bertz CT molecular complexity index is 662. The highest BCUT2D eigenvalue weighted by atomic mass is 16.2. The lowest BCUT2D eigenvalue weighted by atomic mass is 10.0. The number of hydrogen-bond acceptors (Lipinski definition) is 4. The molecule has 0 unspecified atom stereocenters. The van der Waals surface area contributed by atoms with Gasteiger partial charge in [0.05, 0.1) is 5.71 Å². The molecule has 25 heavy (non-hydrogen) atoms. The molecule has 0 radical (unpaired) electrons. The van der Waals surface area contributed by atoms with Crippen LogP contribution < -0.4 is 10.6 Å². The van der Waals surface area contributed by atoms with Gasteiger partial charge in [-0.15, -0.1) is 0 Å². The molecule has 0 spiro atoms. The van der Waals surface area contributed by atoms with Gasteiger partial charge in [0.25, 0.3) is 0 Å². The van der Waals surface area contributed by atoms with Crippen molar-refractivity contribution in [3.63, 3.8) is 0 Å². The van der Waals surface area contributed by atoms with E-state index in [1.807, 2.05) is 36.5 Å². The Hall–Kier alpha value is -2.88. The first-order valence-corrected chi connectivity index (χ1v) is 8.53. The van der Waals surface area contributed by atoms with Gasteiger partial charge in [-0.05, 0) is 24.8 Å². The average Bonchev–Trinajstić information content (AvgIpc) is 2.65. The minimum absolute atomic E-state index is 0.0939. The molecule has 0 bridgehead atoms. The van der Waals surface area contributed by atoms with Crippen molar-refractivity contribution in [2.75, 3.05) is 20.1 Å². The molecule has 1 aromatic rings. The molecule has 7 heteroatoms. The zero-order chi connectivity index (χ0) is 17.9. The van der Waals surface area contributed by atoms with Crippen LogP contribution in [0.2, 0.25) is 0 Å². The second-order valence-corrected chi connectivity index (χ2v) is 5.73. The average molecular weight is 340 g/mol. The van der Waals surface area contributed by atoms with E-state index in [9.17, 15) is 4.79 Å². The van der Waals surface area contributed by atoms with Crippen LogP contribution in [-0.2, 0) is 4.79 Å². The summed E-state index contributed by atoms with van der Waals surface area (Å²) in [5.74, 6) is 0.572. The first-order valence-electron chi connectivity index (χ1n) is 8.53. The summed E-state index contributed by atoms with van der Waals surface area (Å²) < 4.78 is 0. The molecule has 0 saturated heterocycles. The number of guanidine groups is 1. The Balaban J connectivity index is 1.74. The van der Waals surface area contributed by atoms with Crippen LogP contribution in [0.4, 0.5) is 0 Å². The molecule has 2 rings (SSSR count). The molecule has 0 fully saturated rings. The van der Waals surface area contributed by atoms with Gasteiger partial charge < -0.3 is 5.32 Å². The number of nitrogens with one attached hydrogen (secondary N) is 2. The van der Waals surface area contributed by atoms with Crippen molar-refractivity contribution in [1.29, 1.82) is 5.26 Å². The highest BCUT2D eigenvalue weighted by Gasteiger charge is 2.20. The number of unbranched alkanes of at least 4 members (excludes halogenated alkanes) is 2. The van der Waals surface area contributed by atoms with E-state index in [1.54, 1.807) is 12.1 Å². The molecular weight excluding hydrogens is 316 g/mol. The van der Waals surface area contributed by atoms with Gasteiger partial charge in [0.1, 0.15) is 0 Å². The summed E-state index contributed by atoms with van der Waals surface area (Å²) in [7, 11) is 1.62. The number of hydrazone groups is 1. The zero-order valence-electron chi connectivity index (χ0n) is 14.5. The molecule has 1 aromatic carbocycles.